The molecule has 4 heteroatoms. The number of carbonyl (C=O) groups excluding carboxylic acids is 1. The number of hydrogen-bond donors (Lipinski definition) is 1. The maximum absolute atomic E-state index is 11.7. The van der Waals surface area contributed by atoms with E-state index in [1.54, 1.807) is 6.07 Å². The first-order valence-electron chi connectivity index (χ1n) is 6.47. The van der Waals surface area contributed by atoms with Gasteiger partial charge in [-0.3, -0.25) is 4.79 Å². The number of nitrogens with one attached hydrogen (secondary N) is 1. The van der Waals surface area contributed by atoms with Crippen LogP contribution >= 0.6 is 0 Å². The highest BCUT2D eigenvalue weighted by molar-refractivity contribution is 5.91. The third-order valence-corrected chi connectivity index (χ3v) is 3.45. The molecule has 94 valence electrons. The van der Waals surface area contributed by atoms with Gasteiger partial charge in [0.1, 0.15) is 0 Å². The molecule has 17 heavy (non-hydrogen) atoms. The van der Waals surface area contributed by atoms with Crippen LogP contribution in [0.25, 0.3) is 0 Å². The number of amides is 1. The SMILES string of the molecule is CC(CC1CCCCC1)NC(=O)c1ccno1. The monoisotopic (exact) mass is 236 g/mol. The molecule has 1 N–H and O–H groups in total. The Kier molecular flexibility index (Phi) is 4.18. The lowest BCUT2D eigenvalue weighted by Crippen LogP contribution is -2.34. The van der Waals surface area contributed by atoms with Crippen LogP contribution in [0.2, 0.25) is 0 Å². The lowest BCUT2D eigenvalue weighted by molar-refractivity contribution is 0.0895. The summed E-state index contributed by atoms with van der Waals surface area (Å²) in [5.74, 6) is 0.903. The molecule has 1 aliphatic rings. The smallest absolute Gasteiger partial charge is 0.290 e. The van der Waals surface area contributed by atoms with Gasteiger partial charge in [-0.15, -0.1) is 0 Å². The van der Waals surface area contributed by atoms with Crippen LogP contribution in [-0.4, -0.2) is 17.1 Å². The van der Waals surface area contributed by atoms with Crippen LogP contribution in [0, 0.1) is 5.92 Å². The summed E-state index contributed by atoms with van der Waals surface area (Å²) in [7, 11) is 0. The van der Waals surface area contributed by atoms with Gasteiger partial charge >= 0.3 is 0 Å². The molecule has 0 saturated heterocycles. The molecule has 1 unspecified atom stereocenters. The summed E-state index contributed by atoms with van der Waals surface area (Å²) < 4.78 is 4.82. The lowest BCUT2D eigenvalue weighted by Gasteiger charge is -2.24. The number of hydrogen-bond acceptors (Lipinski definition) is 3. The fourth-order valence-electron chi connectivity index (χ4n) is 2.61. The maximum atomic E-state index is 11.7. The Balaban J connectivity index is 1.76. The third-order valence-electron chi connectivity index (χ3n) is 3.45. The third kappa shape index (κ3) is 3.58. The summed E-state index contributed by atoms with van der Waals surface area (Å²) >= 11 is 0. The summed E-state index contributed by atoms with van der Waals surface area (Å²) in [4.78, 5) is 11.7. The lowest BCUT2D eigenvalue weighted by atomic mass is 9.85. The molecule has 1 saturated carbocycles. The molecule has 1 aromatic heterocycles. The van der Waals surface area contributed by atoms with Gasteiger partial charge in [-0.2, -0.15) is 0 Å². The summed E-state index contributed by atoms with van der Waals surface area (Å²) in [5.41, 5.74) is 0. The van der Waals surface area contributed by atoms with Crippen molar-refractivity contribution in [3.63, 3.8) is 0 Å². The Labute approximate surface area is 102 Å². The normalized spacial score (nSPS) is 18.9. The van der Waals surface area contributed by atoms with E-state index in [0.717, 1.165) is 12.3 Å². The second-order valence-corrected chi connectivity index (χ2v) is 4.99. The van der Waals surface area contributed by atoms with Crippen molar-refractivity contribution in [1.82, 2.24) is 10.5 Å². The fourth-order valence-corrected chi connectivity index (χ4v) is 2.61. The molecule has 0 aromatic carbocycles. The second-order valence-electron chi connectivity index (χ2n) is 4.99. The summed E-state index contributed by atoms with van der Waals surface area (Å²) in [6, 6.07) is 1.79. The van der Waals surface area contributed by atoms with Crippen LogP contribution in [0.3, 0.4) is 0 Å². The molecule has 1 atom stereocenters. The van der Waals surface area contributed by atoms with Crippen LogP contribution in [0.15, 0.2) is 16.8 Å². The van der Waals surface area contributed by atoms with Crippen LogP contribution in [0.4, 0.5) is 0 Å². The number of aromatic nitrogens is 1. The molecule has 0 spiro atoms. The van der Waals surface area contributed by atoms with E-state index in [9.17, 15) is 4.79 Å². The van der Waals surface area contributed by atoms with Gasteiger partial charge in [0.05, 0.1) is 6.20 Å². The topological polar surface area (TPSA) is 55.1 Å². The zero-order valence-electron chi connectivity index (χ0n) is 10.3. The Morgan fingerprint density at radius 1 is 1.53 bits per heavy atom. The van der Waals surface area contributed by atoms with E-state index in [0.29, 0.717) is 5.76 Å². The van der Waals surface area contributed by atoms with E-state index in [1.807, 2.05) is 0 Å². The van der Waals surface area contributed by atoms with Crippen molar-refractivity contribution in [2.24, 2.45) is 5.92 Å². The maximum Gasteiger partial charge on any atom is 0.290 e. The van der Waals surface area contributed by atoms with Crippen molar-refractivity contribution in [3.8, 4) is 0 Å². The molecule has 0 aliphatic heterocycles. The fraction of sp³-hybridized carbons (Fsp3) is 0.692. The van der Waals surface area contributed by atoms with Gasteiger partial charge in [0, 0.05) is 12.1 Å². The minimum Gasteiger partial charge on any atom is -0.351 e. The number of rotatable bonds is 4. The molecule has 4 nitrogen and oxygen atoms in total. The highest BCUT2D eigenvalue weighted by Gasteiger charge is 2.19. The Morgan fingerprint density at radius 3 is 2.94 bits per heavy atom. The van der Waals surface area contributed by atoms with E-state index in [2.05, 4.69) is 17.4 Å². The van der Waals surface area contributed by atoms with Crippen molar-refractivity contribution in [3.05, 3.63) is 18.0 Å². The quantitative estimate of drug-likeness (QED) is 0.874. The standard InChI is InChI=1S/C13H20N2O2/c1-10(9-11-5-3-2-4-6-11)15-13(16)12-7-8-14-17-12/h7-8,10-11H,2-6,9H2,1H3,(H,15,16). The zero-order valence-corrected chi connectivity index (χ0v) is 10.3. The van der Waals surface area contributed by atoms with Crippen LogP contribution < -0.4 is 5.32 Å². The minimum atomic E-state index is -0.161. The molecule has 1 fully saturated rings. The van der Waals surface area contributed by atoms with Gasteiger partial charge in [-0.25, -0.2) is 0 Å². The van der Waals surface area contributed by atoms with Gasteiger partial charge in [0.2, 0.25) is 5.76 Å². The van der Waals surface area contributed by atoms with E-state index in [-0.39, 0.29) is 11.9 Å². The first kappa shape index (κ1) is 12.1. The Hall–Kier alpha value is -1.32. The van der Waals surface area contributed by atoms with Crippen molar-refractivity contribution >= 4 is 5.91 Å². The molecular weight excluding hydrogens is 216 g/mol. The zero-order chi connectivity index (χ0) is 12.1. The predicted octanol–water partition coefficient (Wildman–Crippen LogP) is 2.76. The molecular formula is C13H20N2O2. The summed E-state index contributed by atoms with van der Waals surface area (Å²) in [6.45, 7) is 2.06. The highest BCUT2D eigenvalue weighted by atomic mass is 16.5. The molecule has 2 rings (SSSR count). The van der Waals surface area contributed by atoms with E-state index in [4.69, 9.17) is 4.52 Å². The molecule has 1 aromatic rings. The van der Waals surface area contributed by atoms with Gasteiger partial charge < -0.3 is 9.84 Å². The number of carbonyl (C=O) groups is 1. The van der Waals surface area contributed by atoms with E-state index in [1.165, 1.54) is 38.3 Å². The van der Waals surface area contributed by atoms with Crippen LogP contribution in [0.5, 0.6) is 0 Å². The first-order valence-corrected chi connectivity index (χ1v) is 6.47. The average molecular weight is 236 g/mol. The largest absolute Gasteiger partial charge is 0.351 e. The van der Waals surface area contributed by atoms with Crippen LogP contribution in [-0.2, 0) is 0 Å². The van der Waals surface area contributed by atoms with Crippen molar-refractivity contribution in [1.29, 1.82) is 0 Å². The highest BCUT2D eigenvalue weighted by Crippen LogP contribution is 2.27. The summed E-state index contributed by atoms with van der Waals surface area (Å²) in [6.07, 6.45) is 9.22. The van der Waals surface area contributed by atoms with Crippen molar-refractivity contribution in [2.75, 3.05) is 0 Å². The van der Waals surface area contributed by atoms with Crippen molar-refractivity contribution in [2.45, 2.75) is 51.5 Å². The van der Waals surface area contributed by atoms with Crippen LogP contribution in [0.1, 0.15) is 56.0 Å². The van der Waals surface area contributed by atoms with Gasteiger partial charge in [0.15, 0.2) is 0 Å². The van der Waals surface area contributed by atoms with E-state index < -0.39 is 0 Å². The first-order chi connectivity index (χ1) is 8.25. The second kappa shape index (κ2) is 5.84. The van der Waals surface area contributed by atoms with Crippen molar-refractivity contribution < 1.29 is 9.32 Å². The average Bonchev–Trinajstić information content (AvgIpc) is 2.83. The molecule has 0 radical (unpaired) electrons. The number of nitrogens with zero attached hydrogens (tertiary/aromatic N) is 1. The Morgan fingerprint density at radius 2 is 2.29 bits per heavy atom. The summed E-state index contributed by atoms with van der Waals surface area (Å²) in [5, 5.41) is 6.49. The van der Waals surface area contributed by atoms with Gasteiger partial charge in [0.25, 0.3) is 5.91 Å². The Bertz CT molecular complexity index is 342. The van der Waals surface area contributed by atoms with Gasteiger partial charge in [-0.1, -0.05) is 37.3 Å². The van der Waals surface area contributed by atoms with Gasteiger partial charge in [-0.05, 0) is 19.3 Å². The molecule has 0 bridgehead atoms. The van der Waals surface area contributed by atoms with E-state index >= 15 is 0 Å². The minimum absolute atomic E-state index is 0.161. The predicted molar refractivity (Wildman–Crippen MR) is 64.6 cm³/mol. The molecule has 1 heterocycles. The molecule has 1 aliphatic carbocycles. The molecule has 1 amide bonds.